The van der Waals surface area contributed by atoms with Crippen LogP contribution in [0.4, 0.5) is 0 Å². The van der Waals surface area contributed by atoms with Crippen molar-refractivity contribution in [2.75, 3.05) is 7.05 Å². The molecule has 116 valence electrons. The van der Waals surface area contributed by atoms with E-state index in [1.165, 1.54) is 63.9 Å². The number of benzene rings is 1. The molecule has 1 aromatic rings. The van der Waals surface area contributed by atoms with Crippen molar-refractivity contribution >= 4 is 22.8 Å². The lowest BCUT2D eigenvalue weighted by atomic mass is 9.56. The standard InChI is InChI=1S/C16H26BNO2S/c1-18-21(19,20)16-12-10-15(11-13-16)17-14-8-6-4-2-3-5-7-9-14/h10-14,17-18H,2-9H2,1H3. The zero-order valence-electron chi connectivity index (χ0n) is 13.0. The van der Waals surface area contributed by atoms with E-state index >= 15 is 0 Å². The fraction of sp³-hybridized carbons (Fsp3) is 0.625. The maximum Gasteiger partial charge on any atom is 0.240 e. The van der Waals surface area contributed by atoms with Gasteiger partial charge in [0.25, 0.3) is 0 Å². The molecule has 0 aromatic heterocycles. The van der Waals surface area contributed by atoms with Crippen LogP contribution in [0, 0.1) is 0 Å². The summed E-state index contributed by atoms with van der Waals surface area (Å²) in [4.78, 5) is 0.350. The Labute approximate surface area is 129 Å². The predicted molar refractivity (Wildman–Crippen MR) is 90.2 cm³/mol. The van der Waals surface area contributed by atoms with Crippen LogP contribution in [-0.4, -0.2) is 22.7 Å². The van der Waals surface area contributed by atoms with Crippen LogP contribution in [0.5, 0.6) is 0 Å². The van der Waals surface area contributed by atoms with E-state index in [0.717, 1.165) is 13.1 Å². The van der Waals surface area contributed by atoms with Crippen molar-refractivity contribution in [2.24, 2.45) is 0 Å². The summed E-state index contributed by atoms with van der Waals surface area (Å²) in [5, 5.41) is 0. The van der Waals surface area contributed by atoms with Crippen molar-refractivity contribution in [2.45, 2.75) is 62.1 Å². The summed E-state index contributed by atoms with van der Waals surface area (Å²) in [6.45, 7) is 0. The Hall–Kier alpha value is -0.805. The Morgan fingerprint density at radius 1 is 0.952 bits per heavy atom. The van der Waals surface area contributed by atoms with Gasteiger partial charge in [0.2, 0.25) is 10.0 Å². The highest BCUT2D eigenvalue weighted by atomic mass is 32.2. The third-order valence-corrected chi connectivity index (χ3v) is 5.93. The number of hydrogen-bond donors (Lipinski definition) is 1. The van der Waals surface area contributed by atoms with Crippen molar-refractivity contribution in [3.63, 3.8) is 0 Å². The minimum absolute atomic E-state index is 0.350. The Bertz CT molecular complexity index is 518. The topological polar surface area (TPSA) is 46.2 Å². The molecule has 1 fully saturated rings. The van der Waals surface area contributed by atoms with Crippen LogP contribution >= 0.6 is 0 Å². The molecule has 0 bridgehead atoms. The Morgan fingerprint density at radius 3 is 2.00 bits per heavy atom. The highest BCUT2D eigenvalue weighted by Gasteiger charge is 2.15. The highest BCUT2D eigenvalue weighted by molar-refractivity contribution is 7.89. The molecule has 1 aliphatic rings. The molecule has 0 amide bonds. The van der Waals surface area contributed by atoms with Crippen LogP contribution in [-0.2, 0) is 10.0 Å². The summed E-state index contributed by atoms with van der Waals surface area (Å²) < 4.78 is 25.8. The fourth-order valence-electron chi connectivity index (χ4n) is 3.18. The summed E-state index contributed by atoms with van der Waals surface area (Å²) >= 11 is 0. The van der Waals surface area contributed by atoms with E-state index in [4.69, 9.17) is 0 Å². The van der Waals surface area contributed by atoms with Gasteiger partial charge in [-0.2, -0.15) is 0 Å². The van der Waals surface area contributed by atoms with Crippen molar-refractivity contribution in [3.05, 3.63) is 24.3 Å². The van der Waals surface area contributed by atoms with Gasteiger partial charge in [-0.1, -0.05) is 74.8 Å². The van der Waals surface area contributed by atoms with Gasteiger partial charge in [-0.25, -0.2) is 13.1 Å². The molecule has 1 aromatic carbocycles. The van der Waals surface area contributed by atoms with Gasteiger partial charge < -0.3 is 0 Å². The lowest BCUT2D eigenvalue weighted by Crippen LogP contribution is -2.22. The van der Waals surface area contributed by atoms with Crippen LogP contribution < -0.4 is 10.2 Å². The average Bonchev–Trinajstić information content (AvgIpc) is 2.62. The predicted octanol–water partition coefficient (Wildman–Crippen LogP) is 2.58. The van der Waals surface area contributed by atoms with Gasteiger partial charge in [-0.15, -0.1) is 0 Å². The molecule has 2 rings (SSSR count). The molecule has 1 N–H and O–H groups in total. The zero-order valence-corrected chi connectivity index (χ0v) is 13.8. The third kappa shape index (κ3) is 5.15. The van der Waals surface area contributed by atoms with Gasteiger partial charge in [0.15, 0.2) is 7.28 Å². The van der Waals surface area contributed by atoms with E-state index in [2.05, 4.69) is 4.72 Å². The molecule has 3 nitrogen and oxygen atoms in total. The molecule has 1 saturated carbocycles. The highest BCUT2D eigenvalue weighted by Crippen LogP contribution is 2.25. The molecule has 1 aliphatic carbocycles. The molecule has 21 heavy (non-hydrogen) atoms. The maximum atomic E-state index is 11.7. The Balaban J connectivity index is 1.98. The van der Waals surface area contributed by atoms with Gasteiger partial charge in [0.05, 0.1) is 4.90 Å². The van der Waals surface area contributed by atoms with E-state index in [1.807, 2.05) is 12.1 Å². The Morgan fingerprint density at radius 2 is 1.48 bits per heavy atom. The van der Waals surface area contributed by atoms with Crippen molar-refractivity contribution in [3.8, 4) is 0 Å². The molecule has 0 aliphatic heterocycles. The van der Waals surface area contributed by atoms with Crippen molar-refractivity contribution in [1.82, 2.24) is 4.72 Å². The lowest BCUT2D eigenvalue weighted by molar-refractivity contribution is 0.588. The van der Waals surface area contributed by atoms with E-state index in [1.54, 1.807) is 12.1 Å². The summed E-state index contributed by atoms with van der Waals surface area (Å²) in [5.41, 5.74) is 1.26. The van der Waals surface area contributed by atoms with Crippen LogP contribution in [0.1, 0.15) is 51.4 Å². The molecule has 0 heterocycles. The molecular formula is C16H26BNO2S. The van der Waals surface area contributed by atoms with E-state index in [9.17, 15) is 8.42 Å². The van der Waals surface area contributed by atoms with Crippen LogP contribution in [0.2, 0.25) is 5.82 Å². The zero-order chi connectivity index (χ0) is 15.1. The van der Waals surface area contributed by atoms with Gasteiger partial charge in [0, 0.05) is 0 Å². The molecule has 0 saturated heterocycles. The molecule has 0 atom stereocenters. The number of hydrogen-bond acceptors (Lipinski definition) is 2. The summed E-state index contributed by atoms with van der Waals surface area (Å²) in [7, 11) is -0.785. The Kier molecular flexibility index (Phi) is 6.30. The maximum absolute atomic E-state index is 11.7. The second kappa shape index (κ2) is 7.99. The van der Waals surface area contributed by atoms with Gasteiger partial charge in [-0.05, 0) is 19.2 Å². The first-order valence-corrected chi connectivity index (χ1v) is 9.62. The molecule has 0 radical (unpaired) electrons. The second-order valence-corrected chi connectivity index (χ2v) is 8.01. The first-order valence-electron chi connectivity index (χ1n) is 8.14. The summed E-state index contributed by atoms with van der Waals surface area (Å²) in [6, 6.07) is 7.38. The SMILES string of the molecule is CNS(=O)(=O)c1ccc(BC2CCCCCCCC2)cc1. The normalized spacial score (nSPS) is 18.5. The lowest BCUT2D eigenvalue weighted by Gasteiger charge is -2.14. The van der Waals surface area contributed by atoms with E-state index in [0.29, 0.717) is 4.90 Å². The van der Waals surface area contributed by atoms with Gasteiger partial charge in [-0.3, -0.25) is 0 Å². The summed E-state index contributed by atoms with van der Waals surface area (Å²) in [6.07, 6.45) is 10.8. The second-order valence-electron chi connectivity index (χ2n) is 6.12. The van der Waals surface area contributed by atoms with Gasteiger partial charge >= 0.3 is 0 Å². The minimum Gasteiger partial charge on any atom is -0.214 e. The average molecular weight is 307 g/mol. The smallest absolute Gasteiger partial charge is 0.214 e. The van der Waals surface area contributed by atoms with Crippen molar-refractivity contribution < 1.29 is 8.42 Å². The largest absolute Gasteiger partial charge is 0.240 e. The quantitative estimate of drug-likeness (QED) is 0.869. The van der Waals surface area contributed by atoms with E-state index in [-0.39, 0.29) is 0 Å². The molecular weight excluding hydrogens is 281 g/mol. The molecule has 5 heteroatoms. The molecule has 0 spiro atoms. The third-order valence-electron chi connectivity index (χ3n) is 4.50. The minimum atomic E-state index is -3.31. The van der Waals surface area contributed by atoms with Crippen LogP contribution in [0.3, 0.4) is 0 Å². The van der Waals surface area contributed by atoms with E-state index < -0.39 is 10.0 Å². The van der Waals surface area contributed by atoms with Crippen LogP contribution in [0.15, 0.2) is 29.2 Å². The summed E-state index contributed by atoms with van der Waals surface area (Å²) in [5.74, 6) is 0.759. The number of sulfonamides is 1. The number of rotatable bonds is 4. The number of nitrogens with one attached hydrogen (secondary N) is 1. The van der Waals surface area contributed by atoms with Gasteiger partial charge in [0.1, 0.15) is 0 Å². The first-order chi connectivity index (χ1) is 10.1. The first kappa shape index (κ1) is 16.6. The molecule has 0 unspecified atom stereocenters. The van der Waals surface area contributed by atoms with Crippen molar-refractivity contribution in [1.29, 1.82) is 0 Å². The van der Waals surface area contributed by atoms with Crippen LogP contribution in [0.25, 0.3) is 0 Å². The fourth-order valence-corrected chi connectivity index (χ4v) is 3.91. The monoisotopic (exact) mass is 307 g/mol.